The highest BCUT2D eigenvalue weighted by molar-refractivity contribution is 9.10. The number of hydrogen-bond donors (Lipinski definition) is 1. The number of aromatic nitrogens is 2. The van der Waals surface area contributed by atoms with Gasteiger partial charge >= 0.3 is 0 Å². The predicted molar refractivity (Wildman–Crippen MR) is 80.5 cm³/mol. The Kier molecular flexibility index (Phi) is 4.59. The van der Waals surface area contributed by atoms with Crippen LogP contribution in [0.25, 0.3) is 0 Å². The van der Waals surface area contributed by atoms with Crippen LogP contribution in [0.15, 0.2) is 22.8 Å². The largest absolute Gasteiger partial charge is 0.365 e. The minimum atomic E-state index is 0.305. The fourth-order valence-corrected chi connectivity index (χ4v) is 2.83. The van der Waals surface area contributed by atoms with Gasteiger partial charge in [0.15, 0.2) is 0 Å². The van der Waals surface area contributed by atoms with E-state index >= 15 is 0 Å². The Bertz CT molecular complexity index is 542. The lowest BCUT2D eigenvalue weighted by atomic mass is 10.2. The summed E-state index contributed by atoms with van der Waals surface area (Å²) in [7, 11) is 0. The van der Waals surface area contributed by atoms with E-state index in [0.717, 1.165) is 27.1 Å². The first kappa shape index (κ1) is 13.8. The molecule has 0 atom stereocenters. The van der Waals surface area contributed by atoms with E-state index in [1.807, 2.05) is 18.2 Å². The monoisotopic (exact) mass is 345 g/mol. The summed E-state index contributed by atoms with van der Waals surface area (Å²) >= 11 is 10.9. The van der Waals surface area contributed by atoms with Crippen LogP contribution in [-0.4, -0.2) is 9.97 Å². The molecule has 0 bridgehead atoms. The summed E-state index contributed by atoms with van der Waals surface area (Å²) in [5, 5.41) is 3.28. The third kappa shape index (κ3) is 3.67. The highest BCUT2D eigenvalue weighted by Crippen LogP contribution is 2.23. The molecular weight excluding hydrogens is 334 g/mol. The van der Waals surface area contributed by atoms with Crippen LogP contribution in [0.4, 0.5) is 5.82 Å². The van der Waals surface area contributed by atoms with Crippen LogP contribution in [0.2, 0.25) is 4.34 Å². The van der Waals surface area contributed by atoms with E-state index in [1.165, 1.54) is 4.88 Å². The van der Waals surface area contributed by atoms with Crippen molar-refractivity contribution in [1.82, 2.24) is 9.97 Å². The van der Waals surface area contributed by atoms with Crippen LogP contribution >= 0.6 is 38.9 Å². The van der Waals surface area contributed by atoms with Gasteiger partial charge in [0.25, 0.3) is 0 Å². The van der Waals surface area contributed by atoms with Gasteiger partial charge in [0, 0.05) is 16.9 Å². The van der Waals surface area contributed by atoms with E-state index < -0.39 is 0 Å². The first-order chi connectivity index (χ1) is 8.54. The molecule has 3 nitrogen and oxygen atoms in total. The fourth-order valence-electron chi connectivity index (χ4n) is 1.41. The van der Waals surface area contributed by atoms with Crippen molar-refractivity contribution in [1.29, 1.82) is 0 Å². The minimum absolute atomic E-state index is 0.305. The summed E-state index contributed by atoms with van der Waals surface area (Å²) in [4.78, 5) is 10.00. The molecule has 2 rings (SSSR count). The number of nitrogens with zero attached hydrogens (tertiary/aromatic N) is 2. The van der Waals surface area contributed by atoms with Crippen molar-refractivity contribution in [2.24, 2.45) is 0 Å². The predicted octanol–water partition coefficient (Wildman–Crippen LogP) is 4.69. The second-order valence-corrected chi connectivity index (χ2v) is 6.76. The number of halogens is 2. The van der Waals surface area contributed by atoms with Gasteiger partial charge in [-0.3, -0.25) is 0 Å². The van der Waals surface area contributed by atoms with Crippen molar-refractivity contribution in [2.45, 2.75) is 26.3 Å². The van der Waals surface area contributed by atoms with Gasteiger partial charge in [-0.25, -0.2) is 9.97 Å². The zero-order valence-corrected chi connectivity index (χ0v) is 13.2. The molecule has 0 aromatic carbocycles. The summed E-state index contributed by atoms with van der Waals surface area (Å²) in [6.07, 6.45) is 0. The van der Waals surface area contributed by atoms with Crippen molar-refractivity contribution in [3.05, 3.63) is 37.8 Å². The average Bonchev–Trinajstić information content (AvgIpc) is 2.72. The van der Waals surface area contributed by atoms with Crippen molar-refractivity contribution < 1.29 is 0 Å². The van der Waals surface area contributed by atoms with E-state index in [9.17, 15) is 0 Å². The molecular formula is C12H13BrClN3S. The number of nitrogens with one attached hydrogen (secondary N) is 1. The normalized spacial score (nSPS) is 10.9. The average molecular weight is 347 g/mol. The van der Waals surface area contributed by atoms with Gasteiger partial charge in [-0.2, -0.15) is 0 Å². The molecule has 2 aromatic heterocycles. The Labute approximate surface area is 124 Å². The lowest BCUT2D eigenvalue weighted by Gasteiger charge is -2.08. The Morgan fingerprint density at radius 1 is 1.39 bits per heavy atom. The van der Waals surface area contributed by atoms with Crippen molar-refractivity contribution >= 4 is 44.7 Å². The van der Waals surface area contributed by atoms with Crippen LogP contribution < -0.4 is 5.32 Å². The quantitative estimate of drug-likeness (QED) is 0.816. The summed E-state index contributed by atoms with van der Waals surface area (Å²) in [6.45, 7) is 4.87. The van der Waals surface area contributed by atoms with Gasteiger partial charge in [0.2, 0.25) is 0 Å². The topological polar surface area (TPSA) is 37.8 Å². The number of hydrogen-bond acceptors (Lipinski definition) is 4. The van der Waals surface area contributed by atoms with E-state index in [1.54, 1.807) is 11.3 Å². The van der Waals surface area contributed by atoms with Crippen LogP contribution in [0, 0.1) is 0 Å². The van der Waals surface area contributed by atoms with Gasteiger partial charge in [0.05, 0.1) is 10.9 Å². The lowest BCUT2D eigenvalue weighted by Crippen LogP contribution is -2.05. The van der Waals surface area contributed by atoms with Crippen molar-refractivity contribution in [2.75, 3.05) is 5.32 Å². The van der Waals surface area contributed by atoms with E-state index in [4.69, 9.17) is 11.6 Å². The van der Waals surface area contributed by atoms with Crippen LogP contribution in [-0.2, 0) is 6.54 Å². The van der Waals surface area contributed by atoms with E-state index in [0.29, 0.717) is 5.92 Å². The summed E-state index contributed by atoms with van der Waals surface area (Å²) in [5.74, 6) is 1.96. The van der Waals surface area contributed by atoms with Crippen LogP contribution in [0.5, 0.6) is 0 Å². The lowest BCUT2D eigenvalue weighted by molar-refractivity contribution is 0.769. The Morgan fingerprint density at radius 2 is 2.17 bits per heavy atom. The molecule has 0 spiro atoms. The Hall–Kier alpha value is -0.650. The van der Waals surface area contributed by atoms with Crippen molar-refractivity contribution in [3.8, 4) is 0 Å². The van der Waals surface area contributed by atoms with Gasteiger partial charge in [-0.15, -0.1) is 11.3 Å². The number of rotatable bonds is 4. The molecule has 0 saturated carbocycles. The van der Waals surface area contributed by atoms with Crippen LogP contribution in [0.3, 0.4) is 0 Å². The smallest absolute Gasteiger partial charge is 0.134 e. The first-order valence-corrected chi connectivity index (χ1v) is 7.56. The maximum atomic E-state index is 5.89. The number of thiophene rings is 1. The fraction of sp³-hybridized carbons (Fsp3) is 0.333. The molecule has 0 fully saturated rings. The van der Waals surface area contributed by atoms with Gasteiger partial charge in [0.1, 0.15) is 16.2 Å². The molecule has 96 valence electrons. The van der Waals surface area contributed by atoms with Gasteiger partial charge < -0.3 is 5.32 Å². The molecule has 0 aliphatic carbocycles. The molecule has 0 aliphatic rings. The third-order valence-electron chi connectivity index (χ3n) is 2.30. The Balaban J connectivity index is 2.09. The highest BCUT2D eigenvalue weighted by Gasteiger charge is 2.07. The SMILES string of the molecule is CC(C)c1nc(Br)cc(NCc2ccc(Cl)s2)n1. The second-order valence-electron chi connectivity index (χ2n) is 4.15. The molecule has 2 aromatic rings. The molecule has 2 heterocycles. The molecule has 0 amide bonds. The highest BCUT2D eigenvalue weighted by atomic mass is 79.9. The number of anilines is 1. The summed E-state index contributed by atoms with van der Waals surface area (Å²) in [5.41, 5.74) is 0. The summed E-state index contributed by atoms with van der Waals surface area (Å²) in [6, 6.07) is 5.79. The molecule has 0 radical (unpaired) electrons. The van der Waals surface area contributed by atoms with E-state index in [2.05, 4.69) is 45.1 Å². The van der Waals surface area contributed by atoms with E-state index in [-0.39, 0.29) is 0 Å². The molecule has 1 N–H and O–H groups in total. The molecule has 6 heteroatoms. The second kappa shape index (κ2) is 5.99. The minimum Gasteiger partial charge on any atom is -0.365 e. The molecule has 18 heavy (non-hydrogen) atoms. The molecule has 0 unspecified atom stereocenters. The maximum absolute atomic E-state index is 5.89. The standard InChI is InChI=1S/C12H13BrClN3S/c1-7(2)12-16-9(13)5-11(17-12)15-6-8-3-4-10(14)18-8/h3-5,7H,6H2,1-2H3,(H,15,16,17). The van der Waals surface area contributed by atoms with Gasteiger partial charge in [-0.1, -0.05) is 25.4 Å². The first-order valence-electron chi connectivity index (χ1n) is 5.57. The zero-order chi connectivity index (χ0) is 13.1. The zero-order valence-electron chi connectivity index (χ0n) is 10.1. The molecule has 0 saturated heterocycles. The maximum Gasteiger partial charge on any atom is 0.134 e. The van der Waals surface area contributed by atoms with Crippen LogP contribution in [0.1, 0.15) is 30.5 Å². The summed E-state index contributed by atoms with van der Waals surface area (Å²) < 4.78 is 1.60. The molecule has 0 aliphatic heterocycles. The van der Waals surface area contributed by atoms with Gasteiger partial charge in [-0.05, 0) is 28.1 Å². The Morgan fingerprint density at radius 3 is 2.78 bits per heavy atom. The third-order valence-corrected chi connectivity index (χ3v) is 3.94. The van der Waals surface area contributed by atoms with Crippen molar-refractivity contribution in [3.63, 3.8) is 0 Å².